The summed E-state index contributed by atoms with van der Waals surface area (Å²) in [6.45, 7) is 4.32. The van der Waals surface area contributed by atoms with Crippen molar-refractivity contribution in [3.05, 3.63) is 59.2 Å². The molecule has 0 aromatic heterocycles. The van der Waals surface area contributed by atoms with Gasteiger partial charge in [0.25, 0.3) is 0 Å². The average molecular weight is 435 g/mol. The molecule has 0 aliphatic carbocycles. The van der Waals surface area contributed by atoms with Crippen molar-refractivity contribution in [3.63, 3.8) is 0 Å². The van der Waals surface area contributed by atoms with Gasteiger partial charge >= 0.3 is 0 Å². The molecular weight excluding hydrogens is 404 g/mol. The Kier molecular flexibility index (Phi) is 8.49. The van der Waals surface area contributed by atoms with E-state index in [2.05, 4.69) is 15.0 Å². The number of methoxy groups -OCH3 is 2. The summed E-state index contributed by atoms with van der Waals surface area (Å²) in [7, 11) is -0.254. The fourth-order valence-electron chi connectivity index (χ4n) is 2.87. The molecular formula is C21H30N4O4S. The van der Waals surface area contributed by atoms with Crippen LogP contribution < -0.4 is 25.2 Å². The summed E-state index contributed by atoms with van der Waals surface area (Å²) in [5.41, 5.74) is 8.47. The molecule has 0 saturated heterocycles. The predicted octanol–water partition coefficient (Wildman–Crippen LogP) is 2.14. The molecule has 8 nitrogen and oxygen atoms in total. The number of nitrogens with two attached hydrogens (primary N) is 1. The first-order valence-electron chi connectivity index (χ1n) is 9.55. The van der Waals surface area contributed by atoms with E-state index in [1.54, 1.807) is 34.1 Å². The molecule has 0 atom stereocenters. The van der Waals surface area contributed by atoms with Gasteiger partial charge in [0.05, 0.1) is 26.5 Å². The molecule has 0 heterocycles. The SMILES string of the molecule is COc1ccc(CN=C(N)NCc2ccccc2CS(=O)(=O)NC(C)C)cc1OC. The van der Waals surface area contributed by atoms with Gasteiger partial charge < -0.3 is 20.5 Å². The van der Waals surface area contributed by atoms with Crippen molar-refractivity contribution in [3.8, 4) is 11.5 Å². The van der Waals surface area contributed by atoms with Crippen LogP contribution in [0.15, 0.2) is 47.5 Å². The maximum atomic E-state index is 12.3. The van der Waals surface area contributed by atoms with Crippen molar-refractivity contribution in [2.75, 3.05) is 14.2 Å². The van der Waals surface area contributed by atoms with Crippen molar-refractivity contribution in [2.45, 2.75) is 38.7 Å². The normalized spacial score (nSPS) is 12.1. The Morgan fingerprint density at radius 3 is 2.37 bits per heavy atom. The first-order valence-corrected chi connectivity index (χ1v) is 11.2. The molecule has 164 valence electrons. The topological polar surface area (TPSA) is 115 Å². The van der Waals surface area contributed by atoms with Crippen LogP contribution in [0.2, 0.25) is 0 Å². The predicted molar refractivity (Wildman–Crippen MR) is 119 cm³/mol. The van der Waals surface area contributed by atoms with Crippen molar-refractivity contribution in [1.29, 1.82) is 0 Å². The molecule has 2 aromatic rings. The summed E-state index contributed by atoms with van der Waals surface area (Å²) in [5.74, 6) is 1.45. The maximum Gasteiger partial charge on any atom is 0.216 e. The molecule has 2 aromatic carbocycles. The first kappa shape index (κ1) is 23.5. The second-order valence-electron chi connectivity index (χ2n) is 7.04. The van der Waals surface area contributed by atoms with E-state index >= 15 is 0 Å². The summed E-state index contributed by atoms with van der Waals surface area (Å²) in [5, 5.41) is 3.04. The molecule has 9 heteroatoms. The number of aliphatic imine (C=N–C) groups is 1. The lowest BCUT2D eigenvalue weighted by Gasteiger charge is -2.13. The number of hydrogen-bond acceptors (Lipinski definition) is 5. The van der Waals surface area contributed by atoms with Crippen LogP contribution in [0.5, 0.6) is 11.5 Å². The lowest BCUT2D eigenvalue weighted by atomic mass is 10.1. The van der Waals surface area contributed by atoms with E-state index in [0.717, 1.165) is 11.1 Å². The number of nitrogens with zero attached hydrogens (tertiary/aromatic N) is 1. The van der Waals surface area contributed by atoms with Crippen LogP contribution in [-0.2, 0) is 28.9 Å². The lowest BCUT2D eigenvalue weighted by Crippen LogP contribution is -2.33. The van der Waals surface area contributed by atoms with E-state index in [1.807, 2.05) is 36.4 Å². The molecule has 0 bridgehead atoms. The van der Waals surface area contributed by atoms with Gasteiger partial charge in [-0.05, 0) is 42.7 Å². The van der Waals surface area contributed by atoms with Crippen LogP contribution in [0, 0.1) is 0 Å². The van der Waals surface area contributed by atoms with Gasteiger partial charge in [0.15, 0.2) is 17.5 Å². The standard InChI is InChI=1S/C21H30N4O4S/c1-15(2)25-30(26,27)14-18-8-6-5-7-17(18)13-24-21(22)23-12-16-9-10-19(28-3)20(11-16)29-4/h5-11,15,25H,12-14H2,1-4H3,(H3,22,23,24). The van der Waals surface area contributed by atoms with Gasteiger partial charge in [0.1, 0.15) is 0 Å². The minimum absolute atomic E-state index is 0.0915. The number of nitrogens with one attached hydrogen (secondary N) is 2. The second kappa shape index (κ2) is 10.8. The summed E-state index contributed by atoms with van der Waals surface area (Å²) in [6, 6.07) is 12.7. The molecule has 4 N–H and O–H groups in total. The smallest absolute Gasteiger partial charge is 0.216 e. The van der Waals surface area contributed by atoms with Crippen molar-refractivity contribution >= 4 is 16.0 Å². The monoisotopic (exact) mass is 434 g/mol. The molecule has 0 unspecified atom stereocenters. The maximum absolute atomic E-state index is 12.3. The molecule has 0 amide bonds. The van der Waals surface area contributed by atoms with E-state index in [9.17, 15) is 8.42 Å². The van der Waals surface area contributed by atoms with Crippen LogP contribution in [0.1, 0.15) is 30.5 Å². The Morgan fingerprint density at radius 2 is 1.73 bits per heavy atom. The Balaban J connectivity index is 2.02. The zero-order valence-electron chi connectivity index (χ0n) is 17.8. The van der Waals surface area contributed by atoms with E-state index in [0.29, 0.717) is 30.2 Å². The molecule has 0 aliphatic rings. The van der Waals surface area contributed by atoms with Crippen LogP contribution in [0.4, 0.5) is 0 Å². The van der Waals surface area contributed by atoms with Crippen LogP contribution in [-0.4, -0.2) is 34.6 Å². The number of guanidine groups is 1. The fourth-order valence-corrected chi connectivity index (χ4v) is 4.37. The van der Waals surface area contributed by atoms with Gasteiger partial charge in [-0.15, -0.1) is 0 Å². The number of benzene rings is 2. The van der Waals surface area contributed by atoms with Crippen LogP contribution >= 0.6 is 0 Å². The van der Waals surface area contributed by atoms with Crippen LogP contribution in [0.3, 0.4) is 0 Å². The second-order valence-corrected chi connectivity index (χ2v) is 8.80. The van der Waals surface area contributed by atoms with E-state index in [-0.39, 0.29) is 17.8 Å². The number of hydrogen-bond donors (Lipinski definition) is 3. The zero-order chi connectivity index (χ0) is 22.1. The van der Waals surface area contributed by atoms with Crippen molar-refractivity contribution in [2.24, 2.45) is 10.7 Å². The highest BCUT2D eigenvalue weighted by atomic mass is 32.2. The van der Waals surface area contributed by atoms with Crippen molar-refractivity contribution < 1.29 is 17.9 Å². The van der Waals surface area contributed by atoms with E-state index in [1.165, 1.54) is 0 Å². The molecule has 30 heavy (non-hydrogen) atoms. The Labute approximate surface area is 178 Å². The Bertz CT molecular complexity index is 975. The summed E-state index contributed by atoms with van der Waals surface area (Å²) >= 11 is 0. The number of sulfonamides is 1. The van der Waals surface area contributed by atoms with Crippen molar-refractivity contribution in [1.82, 2.24) is 10.0 Å². The minimum Gasteiger partial charge on any atom is -0.493 e. The molecule has 0 saturated carbocycles. The summed E-state index contributed by atoms with van der Waals surface area (Å²) in [4.78, 5) is 4.34. The number of ether oxygens (including phenoxy) is 2. The largest absolute Gasteiger partial charge is 0.493 e. The first-order chi connectivity index (χ1) is 14.2. The Morgan fingerprint density at radius 1 is 1.07 bits per heavy atom. The molecule has 0 spiro atoms. The number of rotatable bonds is 10. The average Bonchev–Trinajstić information content (AvgIpc) is 2.70. The van der Waals surface area contributed by atoms with Gasteiger partial charge in [-0.2, -0.15) is 0 Å². The molecule has 0 radical (unpaired) electrons. The third kappa shape index (κ3) is 7.23. The highest BCUT2D eigenvalue weighted by Gasteiger charge is 2.15. The molecule has 0 fully saturated rings. The van der Waals surface area contributed by atoms with Gasteiger partial charge in [-0.1, -0.05) is 30.3 Å². The van der Waals surface area contributed by atoms with E-state index < -0.39 is 10.0 Å². The highest BCUT2D eigenvalue weighted by Crippen LogP contribution is 2.27. The summed E-state index contributed by atoms with van der Waals surface area (Å²) < 4.78 is 37.6. The van der Waals surface area contributed by atoms with Gasteiger partial charge in [0.2, 0.25) is 10.0 Å². The molecule has 2 rings (SSSR count). The third-order valence-electron chi connectivity index (χ3n) is 4.22. The van der Waals surface area contributed by atoms with Gasteiger partial charge in [-0.25, -0.2) is 18.1 Å². The minimum atomic E-state index is -3.41. The quantitative estimate of drug-likeness (QED) is 0.390. The summed E-state index contributed by atoms with van der Waals surface area (Å²) in [6.07, 6.45) is 0. The van der Waals surface area contributed by atoms with Gasteiger partial charge in [-0.3, -0.25) is 0 Å². The van der Waals surface area contributed by atoms with E-state index in [4.69, 9.17) is 15.2 Å². The third-order valence-corrected chi connectivity index (χ3v) is 5.74. The lowest BCUT2D eigenvalue weighted by molar-refractivity contribution is 0.354. The molecule has 0 aliphatic heterocycles. The highest BCUT2D eigenvalue weighted by molar-refractivity contribution is 7.88. The van der Waals surface area contributed by atoms with Gasteiger partial charge in [0, 0.05) is 12.6 Å². The Hall–Kier alpha value is -2.78. The van der Waals surface area contributed by atoms with Crippen LogP contribution in [0.25, 0.3) is 0 Å². The zero-order valence-corrected chi connectivity index (χ0v) is 18.6. The fraction of sp³-hybridized carbons (Fsp3) is 0.381.